The molecule has 2 nitrogen and oxygen atoms in total. The molecule has 0 saturated heterocycles. The molecule has 0 radical (unpaired) electrons. The van der Waals surface area contributed by atoms with E-state index in [4.69, 9.17) is 5.73 Å². The Morgan fingerprint density at radius 2 is 1.47 bits per heavy atom. The summed E-state index contributed by atoms with van der Waals surface area (Å²) < 4.78 is 0. The standard InChI is InChI=1S/C15H14N2/c16-12-15(17,14-9-5-2-6-10-14)11-13-7-3-1-4-8-13/h1-10H,11,17H2. The van der Waals surface area contributed by atoms with Crippen LogP contribution in [0.4, 0.5) is 0 Å². The maximum absolute atomic E-state index is 9.33. The Morgan fingerprint density at radius 3 is 2.00 bits per heavy atom. The van der Waals surface area contributed by atoms with Gasteiger partial charge in [-0.25, -0.2) is 0 Å². The van der Waals surface area contributed by atoms with E-state index in [1.807, 2.05) is 60.7 Å². The van der Waals surface area contributed by atoms with Crippen LogP contribution < -0.4 is 5.73 Å². The third-order valence-electron chi connectivity index (χ3n) is 2.81. The van der Waals surface area contributed by atoms with Gasteiger partial charge < -0.3 is 5.73 Å². The summed E-state index contributed by atoms with van der Waals surface area (Å²) in [5.41, 5.74) is 7.16. The number of benzene rings is 2. The SMILES string of the molecule is N#CC(N)(Cc1ccccc1)c1ccccc1. The maximum atomic E-state index is 9.33. The van der Waals surface area contributed by atoms with Crippen LogP contribution in [0.1, 0.15) is 11.1 Å². The molecular weight excluding hydrogens is 208 g/mol. The van der Waals surface area contributed by atoms with E-state index in [1.54, 1.807) is 0 Å². The Labute approximate surface area is 101 Å². The van der Waals surface area contributed by atoms with Crippen LogP contribution in [0.2, 0.25) is 0 Å². The van der Waals surface area contributed by atoms with Crippen molar-refractivity contribution in [2.75, 3.05) is 0 Å². The summed E-state index contributed by atoms with van der Waals surface area (Å²) in [6.07, 6.45) is 0.522. The van der Waals surface area contributed by atoms with Crippen molar-refractivity contribution in [3.05, 3.63) is 71.8 Å². The normalized spacial score (nSPS) is 13.6. The number of nitriles is 1. The molecule has 84 valence electrons. The minimum absolute atomic E-state index is 0.522. The summed E-state index contributed by atoms with van der Waals surface area (Å²) in [4.78, 5) is 0. The molecular formula is C15H14N2. The number of rotatable bonds is 3. The van der Waals surface area contributed by atoms with Gasteiger partial charge in [-0.05, 0) is 11.1 Å². The van der Waals surface area contributed by atoms with Crippen molar-refractivity contribution in [3.8, 4) is 6.07 Å². The lowest BCUT2D eigenvalue weighted by molar-refractivity contribution is 0.573. The van der Waals surface area contributed by atoms with Crippen molar-refractivity contribution in [2.24, 2.45) is 5.73 Å². The molecule has 0 fully saturated rings. The van der Waals surface area contributed by atoms with Gasteiger partial charge in [-0.3, -0.25) is 0 Å². The molecule has 2 N–H and O–H groups in total. The van der Waals surface area contributed by atoms with Crippen LogP contribution in [-0.4, -0.2) is 0 Å². The average Bonchev–Trinajstić information content (AvgIpc) is 2.41. The first-order chi connectivity index (χ1) is 8.24. The molecule has 0 bridgehead atoms. The summed E-state index contributed by atoms with van der Waals surface area (Å²) in [7, 11) is 0. The van der Waals surface area contributed by atoms with Gasteiger partial charge in [0.2, 0.25) is 0 Å². The lowest BCUT2D eigenvalue weighted by Gasteiger charge is -2.22. The Bertz CT molecular complexity index is 514. The number of nitrogens with two attached hydrogens (primary N) is 1. The summed E-state index contributed by atoms with van der Waals surface area (Å²) >= 11 is 0. The van der Waals surface area contributed by atoms with Gasteiger partial charge >= 0.3 is 0 Å². The Hall–Kier alpha value is -2.11. The fourth-order valence-electron chi connectivity index (χ4n) is 1.86. The first kappa shape index (κ1) is 11.4. The topological polar surface area (TPSA) is 49.8 Å². The molecule has 2 rings (SSSR count). The van der Waals surface area contributed by atoms with Gasteiger partial charge in [-0.2, -0.15) is 5.26 Å². The molecule has 1 unspecified atom stereocenters. The zero-order valence-corrected chi connectivity index (χ0v) is 9.51. The third-order valence-corrected chi connectivity index (χ3v) is 2.81. The second kappa shape index (κ2) is 4.82. The predicted molar refractivity (Wildman–Crippen MR) is 68.1 cm³/mol. The average molecular weight is 222 g/mol. The van der Waals surface area contributed by atoms with Crippen molar-refractivity contribution >= 4 is 0 Å². The highest BCUT2D eigenvalue weighted by atomic mass is 14.7. The molecule has 0 amide bonds. The van der Waals surface area contributed by atoms with Gasteiger partial charge in [0.05, 0.1) is 6.07 Å². The highest BCUT2D eigenvalue weighted by molar-refractivity contribution is 5.34. The first-order valence-electron chi connectivity index (χ1n) is 5.54. The molecule has 0 heterocycles. The summed E-state index contributed by atoms with van der Waals surface area (Å²) in [5, 5.41) is 9.33. The van der Waals surface area contributed by atoms with Crippen LogP contribution in [0.15, 0.2) is 60.7 Å². The second-order valence-corrected chi connectivity index (χ2v) is 4.11. The molecule has 2 aromatic carbocycles. The fraction of sp³-hybridized carbons (Fsp3) is 0.133. The second-order valence-electron chi connectivity index (χ2n) is 4.11. The van der Waals surface area contributed by atoms with Crippen molar-refractivity contribution in [1.29, 1.82) is 5.26 Å². The van der Waals surface area contributed by atoms with Crippen LogP contribution in [0.5, 0.6) is 0 Å². The highest BCUT2D eigenvalue weighted by Gasteiger charge is 2.27. The predicted octanol–water partition coefficient (Wildman–Crippen LogP) is 2.61. The van der Waals surface area contributed by atoms with E-state index in [0.29, 0.717) is 6.42 Å². The Kier molecular flexibility index (Phi) is 3.22. The molecule has 0 aliphatic rings. The molecule has 0 spiro atoms. The van der Waals surface area contributed by atoms with E-state index < -0.39 is 5.54 Å². The molecule has 0 aromatic heterocycles. The van der Waals surface area contributed by atoms with E-state index in [0.717, 1.165) is 11.1 Å². The van der Waals surface area contributed by atoms with Gasteiger partial charge in [0.1, 0.15) is 5.54 Å². The first-order valence-corrected chi connectivity index (χ1v) is 5.54. The lowest BCUT2D eigenvalue weighted by Crippen LogP contribution is -2.37. The molecule has 0 aliphatic heterocycles. The molecule has 2 aromatic rings. The van der Waals surface area contributed by atoms with Crippen LogP contribution in [-0.2, 0) is 12.0 Å². The zero-order valence-electron chi connectivity index (χ0n) is 9.51. The smallest absolute Gasteiger partial charge is 0.133 e. The minimum Gasteiger partial charge on any atom is -0.309 e. The third kappa shape index (κ3) is 2.52. The van der Waals surface area contributed by atoms with Crippen molar-refractivity contribution < 1.29 is 0 Å². The van der Waals surface area contributed by atoms with Crippen LogP contribution in [0.25, 0.3) is 0 Å². The maximum Gasteiger partial charge on any atom is 0.133 e. The van der Waals surface area contributed by atoms with Gasteiger partial charge in [0.15, 0.2) is 0 Å². The number of nitrogens with zero attached hydrogens (tertiary/aromatic N) is 1. The van der Waals surface area contributed by atoms with Crippen LogP contribution in [0, 0.1) is 11.3 Å². The fourth-order valence-corrected chi connectivity index (χ4v) is 1.86. The molecule has 2 heteroatoms. The molecule has 0 aliphatic carbocycles. The highest BCUT2D eigenvalue weighted by Crippen LogP contribution is 2.22. The summed E-state index contributed by atoms with van der Waals surface area (Å²) in [6, 6.07) is 21.6. The molecule has 0 saturated carbocycles. The van der Waals surface area contributed by atoms with Gasteiger partial charge in [-0.15, -0.1) is 0 Å². The molecule has 17 heavy (non-hydrogen) atoms. The van der Waals surface area contributed by atoms with Gasteiger partial charge in [0, 0.05) is 6.42 Å². The number of hydrogen-bond acceptors (Lipinski definition) is 2. The van der Waals surface area contributed by atoms with Gasteiger partial charge in [0.25, 0.3) is 0 Å². The monoisotopic (exact) mass is 222 g/mol. The van der Waals surface area contributed by atoms with E-state index in [9.17, 15) is 5.26 Å². The van der Waals surface area contributed by atoms with Crippen molar-refractivity contribution in [2.45, 2.75) is 12.0 Å². The van der Waals surface area contributed by atoms with E-state index in [-0.39, 0.29) is 0 Å². The van der Waals surface area contributed by atoms with E-state index >= 15 is 0 Å². The largest absolute Gasteiger partial charge is 0.309 e. The number of hydrogen-bond donors (Lipinski definition) is 1. The summed E-state index contributed by atoms with van der Waals surface area (Å²) in [5.74, 6) is 0. The van der Waals surface area contributed by atoms with Crippen molar-refractivity contribution in [1.82, 2.24) is 0 Å². The van der Waals surface area contributed by atoms with Gasteiger partial charge in [-0.1, -0.05) is 60.7 Å². The van der Waals surface area contributed by atoms with E-state index in [2.05, 4.69) is 6.07 Å². The Morgan fingerprint density at radius 1 is 0.941 bits per heavy atom. The van der Waals surface area contributed by atoms with E-state index in [1.165, 1.54) is 0 Å². The van der Waals surface area contributed by atoms with Crippen LogP contribution >= 0.6 is 0 Å². The molecule has 1 atom stereocenters. The van der Waals surface area contributed by atoms with Crippen molar-refractivity contribution in [3.63, 3.8) is 0 Å². The minimum atomic E-state index is -0.956. The van der Waals surface area contributed by atoms with Crippen LogP contribution in [0.3, 0.4) is 0 Å². The lowest BCUT2D eigenvalue weighted by atomic mass is 9.86. The summed E-state index contributed by atoms with van der Waals surface area (Å²) in [6.45, 7) is 0. The Balaban J connectivity index is 2.31. The zero-order chi connectivity index (χ0) is 12.1. The quantitative estimate of drug-likeness (QED) is 0.867.